The molecule has 0 spiro atoms. The Morgan fingerprint density at radius 1 is 0.680 bits per heavy atom. The van der Waals surface area contributed by atoms with Crippen LogP contribution in [0.25, 0.3) is 0 Å². The summed E-state index contributed by atoms with van der Waals surface area (Å²) in [6.07, 6.45) is 0. The largest absolute Gasteiger partial charge is 0.507 e. The molecule has 0 amide bonds. The highest BCUT2D eigenvalue weighted by molar-refractivity contribution is 5.95. The lowest BCUT2D eigenvalue weighted by Gasteiger charge is -2.09. The summed E-state index contributed by atoms with van der Waals surface area (Å²) in [5.41, 5.74) is 0.284. The molecule has 0 heterocycles. The first-order chi connectivity index (χ1) is 12.1. The minimum atomic E-state index is -0.749. The zero-order valence-electron chi connectivity index (χ0n) is 13.1. The molecule has 0 aliphatic carbocycles. The summed E-state index contributed by atoms with van der Waals surface area (Å²) in [4.78, 5) is 24.3. The van der Waals surface area contributed by atoms with Crippen molar-refractivity contribution in [3.05, 3.63) is 90.0 Å². The Labute approximate surface area is 144 Å². The van der Waals surface area contributed by atoms with Gasteiger partial charge >= 0.3 is 11.9 Å². The minimum absolute atomic E-state index is 0.0952. The molecule has 0 radical (unpaired) electrons. The molecule has 1 N–H and O–H groups in total. The lowest BCUT2D eigenvalue weighted by Crippen LogP contribution is -2.11. The van der Waals surface area contributed by atoms with Crippen molar-refractivity contribution in [2.75, 3.05) is 0 Å². The summed E-state index contributed by atoms with van der Waals surface area (Å²) in [6.45, 7) is 0. The van der Waals surface area contributed by atoms with Crippen molar-refractivity contribution in [3.8, 4) is 17.2 Å². The van der Waals surface area contributed by atoms with E-state index in [0.29, 0.717) is 11.3 Å². The maximum absolute atomic E-state index is 12.2. The fourth-order valence-corrected chi connectivity index (χ4v) is 2.13. The van der Waals surface area contributed by atoms with E-state index in [2.05, 4.69) is 0 Å². The summed E-state index contributed by atoms with van der Waals surface area (Å²) in [6, 6.07) is 20.9. The molecule has 0 unspecified atom stereocenters. The van der Waals surface area contributed by atoms with Crippen molar-refractivity contribution in [2.24, 2.45) is 0 Å². The molecule has 0 atom stereocenters. The highest BCUT2D eigenvalue weighted by Gasteiger charge is 2.16. The van der Waals surface area contributed by atoms with Gasteiger partial charge in [-0.3, -0.25) is 0 Å². The van der Waals surface area contributed by atoms with Crippen molar-refractivity contribution in [1.82, 2.24) is 0 Å². The number of rotatable bonds is 4. The maximum Gasteiger partial charge on any atom is 0.347 e. The van der Waals surface area contributed by atoms with Crippen molar-refractivity contribution < 1.29 is 24.2 Å². The zero-order chi connectivity index (χ0) is 17.6. The number of carbonyl (C=O) groups excluding carboxylic acids is 2. The van der Waals surface area contributed by atoms with Crippen molar-refractivity contribution in [2.45, 2.75) is 0 Å². The van der Waals surface area contributed by atoms with Gasteiger partial charge in [0.25, 0.3) is 0 Å². The minimum Gasteiger partial charge on any atom is -0.507 e. The van der Waals surface area contributed by atoms with Gasteiger partial charge in [0.15, 0.2) is 0 Å². The Hall–Kier alpha value is -3.60. The fraction of sp³-hybridized carbons (Fsp3) is 0. The second kappa shape index (κ2) is 7.31. The van der Waals surface area contributed by atoms with Gasteiger partial charge in [-0.15, -0.1) is 0 Å². The number of phenolic OH excluding ortho intramolecular Hbond substituents is 1. The van der Waals surface area contributed by atoms with Crippen molar-refractivity contribution in [1.29, 1.82) is 0 Å². The van der Waals surface area contributed by atoms with E-state index in [-0.39, 0.29) is 17.1 Å². The molecule has 3 rings (SSSR count). The molecule has 3 aromatic rings. The van der Waals surface area contributed by atoms with E-state index in [1.54, 1.807) is 60.7 Å². The summed E-state index contributed by atoms with van der Waals surface area (Å²) in [5.74, 6) is -1.10. The number of carbonyl (C=O) groups is 2. The van der Waals surface area contributed by atoms with Crippen LogP contribution in [0.15, 0.2) is 78.9 Å². The van der Waals surface area contributed by atoms with Crippen molar-refractivity contribution >= 4 is 11.9 Å². The predicted molar refractivity (Wildman–Crippen MR) is 90.9 cm³/mol. The van der Waals surface area contributed by atoms with Gasteiger partial charge in [0.05, 0.1) is 5.56 Å². The highest BCUT2D eigenvalue weighted by Crippen LogP contribution is 2.25. The van der Waals surface area contributed by atoms with Crippen LogP contribution < -0.4 is 9.47 Å². The SMILES string of the molecule is O=C(Oc1ccc(O)c(C(=O)Oc2ccccc2)c1)c1ccccc1. The zero-order valence-corrected chi connectivity index (χ0v) is 13.1. The Morgan fingerprint density at radius 2 is 1.28 bits per heavy atom. The molecular formula is C20H14O5. The van der Waals surface area contributed by atoms with Crippen LogP contribution in [-0.2, 0) is 0 Å². The van der Waals surface area contributed by atoms with E-state index in [1.165, 1.54) is 18.2 Å². The van der Waals surface area contributed by atoms with Gasteiger partial charge in [0.1, 0.15) is 22.8 Å². The summed E-state index contributed by atoms with van der Waals surface area (Å²) in [5, 5.41) is 9.89. The molecule has 0 saturated carbocycles. The quantitative estimate of drug-likeness (QED) is 0.580. The Morgan fingerprint density at radius 3 is 1.96 bits per heavy atom. The monoisotopic (exact) mass is 334 g/mol. The van der Waals surface area contributed by atoms with Gasteiger partial charge in [-0.2, -0.15) is 0 Å². The Bertz CT molecular complexity index is 888. The average Bonchev–Trinajstić information content (AvgIpc) is 2.64. The highest BCUT2D eigenvalue weighted by atomic mass is 16.5. The third-order valence-electron chi connectivity index (χ3n) is 3.36. The molecule has 0 fully saturated rings. The number of ether oxygens (including phenoxy) is 2. The first-order valence-corrected chi connectivity index (χ1v) is 7.51. The third-order valence-corrected chi connectivity index (χ3v) is 3.36. The molecule has 0 aliphatic heterocycles. The number of esters is 2. The molecule has 5 nitrogen and oxygen atoms in total. The molecule has 0 bridgehead atoms. The lowest BCUT2D eigenvalue weighted by atomic mass is 10.2. The van der Waals surface area contributed by atoms with E-state index in [0.717, 1.165) is 0 Å². The molecule has 5 heteroatoms. The van der Waals surface area contributed by atoms with E-state index in [9.17, 15) is 14.7 Å². The van der Waals surface area contributed by atoms with E-state index < -0.39 is 11.9 Å². The van der Waals surface area contributed by atoms with Crippen LogP contribution >= 0.6 is 0 Å². The van der Waals surface area contributed by atoms with Crippen molar-refractivity contribution in [3.63, 3.8) is 0 Å². The van der Waals surface area contributed by atoms with Gasteiger partial charge in [0.2, 0.25) is 0 Å². The van der Waals surface area contributed by atoms with Crippen LogP contribution in [0.1, 0.15) is 20.7 Å². The molecule has 3 aromatic carbocycles. The van der Waals surface area contributed by atoms with E-state index in [1.807, 2.05) is 0 Å². The number of para-hydroxylation sites is 1. The van der Waals surface area contributed by atoms with Crippen LogP contribution in [0, 0.1) is 0 Å². The molecular weight excluding hydrogens is 320 g/mol. The van der Waals surface area contributed by atoms with E-state index in [4.69, 9.17) is 9.47 Å². The topological polar surface area (TPSA) is 72.8 Å². The maximum atomic E-state index is 12.2. The van der Waals surface area contributed by atoms with Gasteiger partial charge in [-0.1, -0.05) is 36.4 Å². The molecule has 25 heavy (non-hydrogen) atoms. The number of benzene rings is 3. The first kappa shape index (κ1) is 16.3. The van der Waals surface area contributed by atoms with Crippen LogP contribution in [-0.4, -0.2) is 17.0 Å². The smallest absolute Gasteiger partial charge is 0.347 e. The lowest BCUT2D eigenvalue weighted by molar-refractivity contribution is 0.0712. The molecule has 0 saturated heterocycles. The normalized spacial score (nSPS) is 10.1. The van der Waals surface area contributed by atoms with Gasteiger partial charge in [0, 0.05) is 0 Å². The molecule has 0 aromatic heterocycles. The molecule has 124 valence electrons. The number of phenols is 1. The predicted octanol–water partition coefficient (Wildman–Crippen LogP) is 3.83. The standard InChI is InChI=1S/C20H14O5/c21-18-12-11-16(25-19(22)14-7-3-1-4-8-14)13-17(18)20(23)24-15-9-5-2-6-10-15/h1-13,21H. The second-order valence-corrected chi connectivity index (χ2v) is 5.14. The van der Waals surface area contributed by atoms with Crippen LogP contribution in [0.4, 0.5) is 0 Å². The first-order valence-electron chi connectivity index (χ1n) is 7.51. The van der Waals surface area contributed by atoms with Gasteiger partial charge in [-0.25, -0.2) is 9.59 Å². The van der Waals surface area contributed by atoms with E-state index >= 15 is 0 Å². The van der Waals surface area contributed by atoms with Gasteiger partial charge in [-0.05, 0) is 42.5 Å². The number of hydrogen-bond donors (Lipinski definition) is 1. The fourth-order valence-electron chi connectivity index (χ4n) is 2.13. The van der Waals surface area contributed by atoms with Gasteiger partial charge < -0.3 is 14.6 Å². The molecule has 0 aliphatic rings. The van der Waals surface area contributed by atoms with Crippen LogP contribution in [0.5, 0.6) is 17.2 Å². The van der Waals surface area contributed by atoms with Crippen LogP contribution in [0.3, 0.4) is 0 Å². The summed E-state index contributed by atoms with van der Waals surface area (Å²) in [7, 11) is 0. The second-order valence-electron chi connectivity index (χ2n) is 5.14. The third kappa shape index (κ3) is 4.03. The number of hydrogen-bond acceptors (Lipinski definition) is 5. The Kier molecular flexibility index (Phi) is 4.76. The number of aromatic hydroxyl groups is 1. The Balaban J connectivity index is 1.78. The van der Waals surface area contributed by atoms with Crippen LogP contribution in [0.2, 0.25) is 0 Å². The average molecular weight is 334 g/mol. The summed E-state index contributed by atoms with van der Waals surface area (Å²) < 4.78 is 10.4. The summed E-state index contributed by atoms with van der Waals surface area (Å²) >= 11 is 0.